The Balaban J connectivity index is 2.19. The van der Waals surface area contributed by atoms with Crippen LogP contribution in [0.5, 0.6) is 0 Å². The van der Waals surface area contributed by atoms with Crippen molar-refractivity contribution in [1.29, 1.82) is 0 Å². The Bertz CT molecular complexity index is 692. The van der Waals surface area contributed by atoms with E-state index < -0.39 is 12.7 Å². The van der Waals surface area contributed by atoms with Gasteiger partial charge < -0.3 is 20.3 Å². The van der Waals surface area contributed by atoms with E-state index in [-0.39, 0.29) is 17.4 Å². The molecule has 1 aliphatic rings. The predicted molar refractivity (Wildman–Crippen MR) is 103 cm³/mol. The number of carbonyl (C=O) groups excluding carboxylic acids is 1. The van der Waals surface area contributed by atoms with Gasteiger partial charge in [-0.2, -0.15) is 0 Å². The van der Waals surface area contributed by atoms with Crippen LogP contribution in [0.1, 0.15) is 58.6 Å². The molecule has 1 atom stereocenters. The first-order valence-corrected chi connectivity index (χ1v) is 8.66. The van der Waals surface area contributed by atoms with Crippen LogP contribution >= 0.6 is 0 Å². The van der Waals surface area contributed by atoms with Crippen LogP contribution < -0.4 is 16.1 Å². The van der Waals surface area contributed by atoms with E-state index in [4.69, 9.17) is 4.65 Å². The second-order valence-corrected chi connectivity index (χ2v) is 8.14. The highest BCUT2D eigenvalue weighted by Gasteiger charge is 2.38. The van der Waals surface area contributed by atoms with Crippen LogP contribution in [0.25, 0.3) is 6.08 Å². The van der Waals surface area contributed by atoms with Crippen LogP contribution in [-0.4, -0.2) is 30.8 Å². The number of nitrogens with one attached hydrogen (secondary N) is 2. The van der Waals surface area contributed by atoms with Crippen LogP contribution in [-0.2, 0) is 4.65 Å². The van der Waals surface area contributed by atoms with Gasteiger partial charge in [0.15, 0.2) is 0 Å². The molecule has 0 spiro atoms. The molecule has 0 radical (unpaired) electrons. The Labute approximate surface area is 151 Å². The lowest BCUT2D eigenvalue weighted by Crippen LogP contribution is -2.48. The normalized spacial score (nSPS) is 17.0. The number of allylic oxidation sites excluding steroid dienone is 1. The largest absolute Gasteiger partial charge is 0.491 e. The number of hydrogen-bond donors (Lipinski definition) is 3. The molecule has 1 aromatic carbocycles. The second-order valence-electron chi connectivity index (χ2n) is 8.14. The average Bonchev–Trinajstić information content (AvgIpc) is 2.81. The molecule has 0 unspecified atom stereocenters. The summed E-state index contributed by atoms with van der Waals surface area (Å²) in [7, 11) is 0.591. The molecule has 0 saturated carbocycles. The molecule has 0 saturated heterocycles. The summed E-state index contributed by atoms with van der Waals surface area (Å²) < 4.78 is 5.95. The highest BCUT2D eigenvalue weighted by Crippen LogP contribution is 2.35. The Hall–Kier alpha value is -1.79. The zero-order valence-corrected chi connectivity index (χ0v) is 16.2. The number of fused-ring (bicyclic) bond motifs is 1. The summed E-state index contributed by atoms with van der Waals surface area (Å²) in [5.74, 6) is 0.0510. The fraction of sp³-hybridized carbons (Fsp3) is 0.526. The molecule has 0 bridgehead atoms. The van der Waals surface area contributed by atoms with Gasteiger partial charge in [0.1, 0.15) is 0 Å². The molecule has 136 valence electrons. The van der Waals surface area contributed by atoms with Crippen molar-refractivity contribution in [1.82, 2.24) is 10.6 Å². The van der Waals surface area contributed by atoms with E-state index >= 15 is 0 Å². The summed E-state index contributed by atoms with van der Waals surface area (Å²) in [5.41, 5.74) is 3.09. The lowest BCUT2D eigenvalue weighted by Gasteiger charge is -2.40. The fourth-order valence-electron chi connectivity index (χ4n) is 2.58. The van der Waals surface area contributed by atoms with Crippen LogP contribution in [0.15, 0.2) is 23.9 Å². The molecule has 2 amide bonds. The Morgan fingerprint density at radius 2 is 1.88 bits per heavy atom. The third-order valence-corrected chi connectivity index (χ3v) is 5.34. The van der Waals surface area contributed by atoms with Crippen molar-refractivity contribution in [2.75, 3.05) is 7.05 Å². The summed E-state index contributed by atoms with van der Waals surface area (Å²) in [6.07, 6.45) is 1.96. The second kappa shape index (κ2) is 6.85. The zero-order valence-electron chi connectivity index (χ0n) is 16.2. The minimum atomic E-state index is -0.998. The third kappa shape index (κ3) is 4.07. The zero-order chi connectivity index (χ0) is 19.0. The number of amides is 2. The Morgan fingerprint density at radius 3 is 2.44 bits per heavy atom. The van der Waals surface area contributed by atoms with Crippen molar-refractivity contribution in [3.8, 4) is 0 Å². The van der Waals surface area contributed by atoms with E-state index in [1.807, 2.05) is 45.0 Å². The van der Waals surface area contributed by atoms with Crippen LogP contribution in [0.2, 0.25) is 0 Å². The summed E-state index contributed by atoms with van der Waals surface area (Å²) in [4.78, 5) is 11.6. The summed E-state index contributed by atoms with van der Waals surface area (Å²) >= 11 is 0. The van der Waals surface area contributed by atoms with Gasteiger partial charge in [-0.05, 0) is 41.9 Å². The van der Waals surface area contributed by atoms with Gasteiger partial charge in [-0.15, -0.1) is 0 Å². The van der Waals surface area contributed by atoms with Crippen LogP contribution in [0.3, 0.4) is 0 Å². The van der Waals surface area contributed by atoms with Gasteiger partial charge >= 0.3 is 13.1 Å². The first-order valence-electron chi connectivity index (χ1n) is 8.66. The molecule has 5 nitrogen and oxygen atoms in total. The average molecular weight is 344 g/mol. The van der Waals surface area contributed by atoms with Crippen molar-refractivity contribution < 1.29 is 14.5 Å². The molecule has 1 aliphatic carbocycles. The number of rotatable bonds is 4. The molecule has 3 N–H and O–H groups in total. The van der Waals surface area contributed by atoms with E-state index in [9.17, 15) is 9.82 Å². The topological polar surface area (TPSA) is 70.6 Å². The van der Waals surface area contributed by atoms with Crippen molar-refractivity contribution in [2.24, 2.45) is 5.41 Å². The number of carbonyl (C=O) groups is 1. The van der Waals surface area contributed by atoms with Gasteiger partial charge in [-0.1, -0.05) is 45.9 Å². The maximum absolute atomic E-state index is 11.6. The van der Waals surface area contributed by atoms with E-state index in [0.717, 1.165) is 22.3 Å². The lowest BCUT2D eigenvalue weighted by atomic mass is 9.72. The SMILES string of the molecule is CNC(=O)NC1=Cc2ccc(B(O)OC(C)(C)C(C)(C)C)cc2[C@@H]1C. The lowest BCUT2D eigenvalue weighted by molar-refractivity contribution is -0.0129. The van der Waals surface area contributed by atoms with Gasteiger partial charge in [-0.3, -0.25) is 0 Å². The minimum absolute atomic E-state index is 0.0510. The van der Waals surface area contributed by atoms with Crippen molar-refractivity contribution in [3.05, 3.63) is 35.0 Å². The maximum Gasteiger partial charge on any atom is 0.491 e. The third-order valence-electron chi connectivity index (χ3n) is 5.34. The van der Waals surface area contributed by atoms with E-state index in [2.05, 4.69) is 31.4 Å². The summed E-state index contributed by atoms with van der Waals surface area (Å²) in [6.45, 7) is 12.3. The molecule has 0 fully saturated rings. The fourth-order valence-corrected chi connectivity index (χ4v) is 2.58. The van der Waals surface area contributed by atoms with Crippen LogP contribution in [0.4, 0.5) is 4.79 Å². The highest BCUT2D eigenvalue weighted by molar-refractivity contribution is 6.60. The summed E-state index contributed by atoms with van der Waals surface area (Å²) in [6, 6.07) is 5.55. The quantitative estimate of drug-likeness (QED) is 0.736. The summed E-state index contributed by atoms with van der Waals surface area (Å²) in [5, 5.41) is 16.0. The molecule has 2 rings (SSSR count). The molecule has 1 aromatic rings. The molecule has 6 heteroatoms. The Morgan fingerprint density at radius 1 is 1.24 bits per heavy atom. The van der Waals surface area contributed by atoms with E-state index in [1.165, 1.54) is 0 Å². The van der Waals surface area contributed by atoms with Crippen molar-refractivity contribution in [2.45, 2.75) is 53.1 Å². The van der Waals surface area contributed by atoms with Gasteiger partial charge in [0, 0.05) is 18.7 Å². The molecule has 25 heavy (non-hydrogen) atoms. The standard InChI is InChI=1S/C19H29BN2O3/c1-12-15-11-14(20(24)25-19(5,6)18(2,3)4)9-8-13(15)10-16(12)22-17(23)21-7/h8-12,24H,1-7H3,(H2,21,22,23)/t12-/m0/s1. The van der Waals surface area contributed by atoms with E-state index in [1.54, 1.807) is 7.05 Å². The number of urea groups is 1. The van der Waals surface area contributed by atoms with Gasteiger partial charge in [0.05, 0.1) is 5.60 Å². The maximum atomic E-state index is 11.6. The molecule has 0 aliphatic heterocycles. The van der Waals surface area contributed by atoms with Crippen molar-refractivity contribution in [3.63, 3.8) is 0 Å². The number of benzene rings is 1. The van der Waals surface area contributed by atoms with E-state index in [0.29, 0.717) is 0 Å². The minimum Gasteiger partial charge on any atom is -0.423 e. The molecular formula is C19H29BN2O3. The van der Waals surface area contributed by atoms with Gasteiger partial charge in [0.2, 0.25) is 0 Å². The highest BCUT2D eigenvalue weighted by atomic mass is 16.5. The van der Waals surface area contributed by atoms with Crippen LogP contribution in [0, 0.1) is 5.41 Å². The first kappa shape index (κ1) is 19.5. The molecular weight excluding hydrogens is 315 g/mol. The molecule has 0 aromatic heterocycles. The van der Waals surface area contributed by atoms with Gasteiger partial charge in [0.25, 0.3) is 0 Å². The first-order chi connectivity index (χ1) is 11.5. The van der Waals surface area contributed by atoms with Crippen molar-refractivity contribution >= 4 is 24.7 Å². The van der Waals surface area contributed by atoms with Gasteiger partial charge in [-0.25, -0.2) is 4.79 Å². The Kier molecular flexibility index (Phi) is 5.35. The predicted octanol–water partition coefficient (Wildman–Crippen LogP) is 2.60. The monoisotopic (exact) mass is 344 g/mol. The number of hydrogen-bond acceptors (Lipinski definition) is 3. The smallest absolute Gasteiger partial charge is 0.423 e. The molecule has 0 heterocycles.